The van der Waals surface area contributed by atoms with Crippen LogP contribution in [0.25, 0.3) is 0 Å². The summed E-state index contributed by atoms with van der Waals surface area (Å²) in [4.78, 5) is 8.31. The zero-order valence-corrected chi connectivity index (χ0v) is 14.5. The van der Waals surface area contributed by atoms with Crippen molar-refractivity contribution in [2.45, 2.75) is 19.3 Å². The van der Waals surface area contributed by atoms with E-state index in [0.29, 0.717) is 29.9 Å². The number of nitrogens with zero attached hydrogens (tertiary/aromatic N) is 3. The van der Waals surface area contributed by atoms with Gasteiger partial charge in [0.2, 0.25) is 5.96 Å². The molecule has 2 rings (SSSR count). The number of rotatable bonds is 8. The van der Waals surface area contributed by atoms with Crippen LogP contribution in [0.4, 0.5) is 5.69 Å². The molecule has 0 unspecified atom stereocenters. The minimum absolute atomic E-state index is 0.431. The number of nitriles is 1. The minimum Gasteiger partial charge on any atom is -0.492 e. The number of unbranched alkanes of at least 4 members (excludes halogenated alkanes) is 2. The third-order valence-electron chi connectivity index (χ3n) is 3.28. The van der Waals surface area contributed by atoms with E-state index in [4.69, 9.17) is 21.6 Å². The van der Waals surface area contributed by atoms with Gasteiger partial charge in [0.25, 0.3) is 0 Å². The highest BCUT2D eigenvalue weighted by Gasteiger charge is 2.00. The summed E-state index contributed by atoms with van der Waals surface area (Å²) in [5, 5.41) is 15.0. The van der Waals surface area contributed by atoms with Crippen LogP contribution in [-0.2, 0) is 0 Å². The second-order valence-corrected chi connectivity index (χ2v) is 5.57. The van der Waals surface area contributed by atoms with E-state index < -0.39 is 0 Å². The molecule has 2 N–H and O–H groups in total. The fraction of sp³-hybridized carbons (Fsp3) is 0.278. The molecule has 2 aromatic rings. The van der Waals surface area contributed by atoms with Crippen LogP contribution in [0.3, 0.4) is 0 Å². The highest BCUT2D eigenvalue weighted by atomic mass is 35.5. The molecular formula is C18H20ClN5O. The lowest BCUT2D eigenvalue weighted by atomic mass is 10.2. The molecule has 1 heterocycles. The zero-order chi connectivity index (χ0) is 17.7. The number of anilines is 1. The molecular weight excluding hydrogens is 338 g/mol. The number of aromatic nitrogens is 1. The SMILES string of the molecule is N#CNC(=NCCCCCOc1ccccc1Cl)Nc1ccncc1. The third kappa shape index (κ3) is 7.10. The highest BCUT2D eigenvalue weighted by Crippen LogP contribution is 2.23. The van der Waals surface area contributed by atoms with Crippen LogP contribution < -0.4 is 15.4 Å². The van der Waals surface area contributed by atoms with Crippen molar-refractivity contribution in [3.8, 4) is 11.9 Å². The molecule has 0 atom stereocenters. The lowest BCUT2D eigenvalue weighted by Crippen LogP contribution is -2.27. The van der Waals surface area contributed by atoms with Crippen LogP contribution in [0.15, 0.2) is 53.8 Å². The number of ether oxygens (including phenoxy) is 1. The van der Waals surface area contributed by atoms with Gasteiger partial charge in [-0.25, -0.2) is 0 Å². The van der Waals surface area contributed by atoms with Gasteiger partial charge in [-0.05, 0) is 43.5 Å². The monoisotopic (exact) mass is 357 g/mol. The van der Waals surface area contributed by atoms with E-state index in [-0.39, 0.29) is 0 Å². The number of guanidine groups is 1. The Bertz CT molecular complexity index is 715. The van der Waals surface area contributed by atoms with Crippen molar-refractivity contribution in [3.05, 3.63) is 53.8 Å². The van der Waals surface area contributed by atoms with Gasteiger partial charge in [0, 0.05) is 24.6 Å². The minimum atomic E-state index is 0.431. The van der Waals surface area contributed by atoms with Crippen LogP contribution in [0.2, 0.25) is 5.02 Å². The van der Waals surface area contributed by atoms with E-state index >= 15 is 0 Å². The molecule has 0 aliphatic carbocycles. The summed E-state index contributed by atoms with van der Waals surface area (Å²) in [5.41, 5.74) is 0.824. The number of halogens is 1. The predicted octanol–water partition coefficient (Wildman–Crippen LogP) is 3.82. The standard InChI is InChI=1S/C18H20ClN5O/c19-16-6-2-3-7-17(16)25-13-5-1-4-10-22-18(23-14-20)24-15-8-11-21-12-9-15/h2-3,6-9,11-12H,1,4-5,10,13H2,(H2,21,22,23,24). The van der Waals surface area contributed by atoms with Gasteiger partial charge < -0.3 is 10.1 Å². The number of nitrogens with one attached hydrogen (secondary N) is 2. The molecule has 1 aromatic heterocycles. The van der Waals surface area contributed by atoms with Gasteiger partial charge >= 0.3 is 0 Å². The fourth-order valence-corrected chi connectivity index (χ4v) is 2.25. The molecule has 0 saturated heterocycles. The molecule has 0 amide bonds. The molecule has 25 heavy (non-hydrogen) atoms. The van der Waals surface area contributed by atoms with E-state index in [1.807, 2.05) is 30.5 Å². The Labute approximate surface area is 152 Å². The van der Waals surface area contributed by atoms with Crippen LogP contribution in [0.1, 0.15) is 19.3 Å². The van der Waals surface area contributed by atoms with Crippen LogP contribution in [0.5, 0.6) is 5.75 Å². The zero-order valence-electron chi connectivity index (χ0n) is 13.8. The molecule has 7 heteroatoms. The van der Waals surface area contributed by atoms with E-state index in [2.05, 4.69) is 20.6 Å². The van der Waals surface area contributed by atoms with Crippen LogP contribution >= 0.6 is 11.6 Å². The molecule has 0 aliphatic heterocycles. The normalized spacial score (nSPS) is 10.8. The summed E-state index contributed by atoms with van der Waals surface area (Å²) in [7, 11) is 0. The average molecular weight is 358 g/mol. The van der Waals surface area contributed by atoms with Gasteiger partial charge in [0.1, 0.15) is 5.75 Å². The van der Waals surface area contributed by atoms with Crippen molar-refractivity contribution in [1.82, 2.24) is 10.3 Å². The maximum absolute atomic E-state index is 8.80. The fourth-order valence-electron chi connectivity index (χ4n) is 2.06. The number of aliphatic imine (C=N–C) groups is 1. The third-order valence-corrected chi connectivity index (χ3v) is 3.60. The summed E-state index contributed by atoms with van der Waals surface area (Å²) in [5.74, 6) is 1.14. The topological polar surface area (TPSA) is 82.3 Å². The van der Waals surface area contributed by atoms with Gasteiger partial charge in [-0.1, -0.05) is 23.7 Å². The molecule has 0 radical (unpaired) electrons. The quantitative estimate of drug-likeness (QED) is 0.247. The first-order chi connectivity index (χ1) is 12.3. The van der Waals surface area contributed by atoms with E-state index in [1.165, 1.54) is 0 Å². The maximum atomic E-state index is 8.80. The van der Waals surface area contributed by atoms with Crippen molar-refractivity contribution in [1.29, 1.82) is 5.26 Å². The van der Waals surface area contributed by atoms with E-state index in [0.717, 1.165) is 24.9 Å². The molecule has 130 valence electrons. The van der Waals surface area contributed by atoms with Crippen molar-refractivity contribution in [3.63, 3.8) is 0 Å². The Hall–Kier alpha value is -2.78. The van der Waals surface area contributed by atoms with Crippen molar-refractivity contribution in [2.75, 3.05) is 18.5 Å². The van der Waals surface area contributed by atoms with Gasteiger partial charge in [0.15, 0.2) is 6.19 Å². The Morgan fingerprint density at radius 1 is 1.16 bits per heavy atom. The molecule has 0 spiro atoms. The number of benzene rings is 1. The summed E-state index contributed by atoms with van der Waals surface area (Å²) in [6.45, 7) is 1.24. The molecule has 1 aromatic carbocycles. The largest absolute Gasteiger partial charge is 0.492 e. The summed E-state index contributed by atoms with van der Waals surface area (Å²) in [6.07, 6.45) is 8.02. The molecule has 0 bridgehead atoms. The first kappa shape index (κ1) is 18.6. The first-order valence-electron chi connectivity index (χ1n) is 8.03. The molecule has 0 fully saturated rings. The molecule has 0 saturated carbocycles. The summed E-state index contributed by atoms with van der Waals surface area (Å²) in [6, 6.07) is 11.1. The smallest absolute Gasteiger partial charge is 0.209 e. The highest BCUT2D eigenvalue weighted by molar-refractivity contribution is 6.32. The summed E-state index contributed by atoms with van der Waals surface area (Å²) >= 11 is 6.03. The van der Waals surface area contributed by atoms with E-state index in [9.17, 15) is 0 Å². The second-order valence-electron chi connectivity index (χ2n) is 5.17. The number of para-hydroxylation sites is 1. The van der Waals surface area contributed by atoms with Crippen LogP contribution in [-0.4, -0.2) is 24.1 Å². The number of pyridine rings is 1. The maximum Gasteiger partial charge on any atom is 0.209 e. The lowest BCUT2D eigenvalue weighted by Gasteiger charge is -2.08. The van der Waals surface area contributed by atoms with Gasteiger partial charge in [-0.15, -0.1) is 0 Å². The Morgan fingerprint density at radius 2 is 1.96 bits per heavy atom. The lowest BCUT2D eigenvalue weighted by molar-refractivity contribution is 0.306. The summed E-state index contributed by atoms with van der Waals surface area (Å²) < 4.78 is 5.64. The van der Waals surface area contributed by atoms with Crippen LogP contribution in [0, 0.1) is 11.5 Å². The van der Waals surface area contributed by atoms with Gasteiger partial charge in [0.05, 0.1) is 11.6 Å². The molecule has 0 aliphatic rings. The van der Waals surface area contributed by atoms with Gasteiger partial charge in [-0.2, -0.15) is 5.26 Å². The van der Waals surface area contributed by atoms with Gasteiger partial charge in [-0.3, -0.25) is 15.3 Å². The van der Waals surface area contributed by atoms with Crippen molar-refractivity contribution >= 4 is 23.2 Å². The Morgan fingerprint density at radius 3 is 2.72 bits per heavy atom. The van der Waals surface area contributed by atoms with Crippen molar-refractivity contribution in [2.24, 2.45) is 4.99 Å². The average Bonchev–Trinajstić information content (AvgIpc) is 2.63. The Balaban J connectivity index is 1.66. The Kier molecular flexibility index (Phi) is 8.09. The predicted molar refractivity (Wildman–Crippen MR) is 99.7 cm³/mol. The van der Waals surface area contributed by atoms with E-state index in [1.54, 1.807) is 24.5 Å². The number of hydrogen-bond donors (Lipinski definition) is 2. The number of hydrogen-bond acceptors (Lipinski definition) is 4. The van der Waals surface area contributed by atoms with Crippen molar-refractivity contribution < 1.29 is 4.74 Å². The second kappa shape index (κ2) is 10.9. The molecule has 6 nitrogen and oxygen atoms in total. The first-order valence-corrected chi connectivity index (χ1v) is 8.41.